The van der Waals surface area contributed by atoms with Crippen molar-refractivity contribution in [3.8, 4) is 11.5 Å². The lowest BCUT2D eigenvalue weighted by Crippen LogP contribution is -2.07. The van der Waals surface area contributed by atoms with Crippen molar-refractivity contribution in [2.45, 2.75) is 19.6 Å². The number of aryl methyl sites for hydroxylation is 1. The van der Waals surface area contributed by atoms with Crippen LogP contribution in [0.4, 0.5) is 13.2 Å². The van der Waals surface area contributed by atoms with Gasteiger partial charge in [-0.3, -0.25) is 0 Å². The van der Waals surface area contributed by atoms with Gasteiger partial charge in [-0.15, -0.1) is 0 Å². The van der Waals surface area contributed by atoms with Crippen LogP contribution in [0.1, 0.15) is 16.7 Å². The fourth-order valence-electron chi connectivity index (χ4n) is 1.79. The van der Waals surface area contributed by atoms with Crippen LogP contribution in [0.5, 0.6) is 11.5 Å². The highest BCUT2D eigenvalue weighted by Crippen LogP contribution is 2.38. The molecule has 0 bridgehead atoms. The van der Waals surface area contributed by atoms with Crippen LogP contribution in [0.25, 0.3) is 0 Å². The van der Waals surface area contributed by atoms with Crippen molar-refractivity contribution in [3.63, 3.8) is 0 Å². The summed E-state index contributed by atoms with van der Waals surface area (Å²) in [5.74, 6) is 0.168. The van der Waals surface area contributed by atoms with Crippen LogP contribution in [-0.4, -0.2) is 0 Å². The molecule has 0 atom stereocenters. The number of halogens is 3. The number of para-hydroxylation sites is 1. The second-order valence-electron chi connectivity index (χ2n) is 4.40. The molecule has 0 spiro atoms. The largest absolute Gasteiger partial charge is 0.456 e. The van der Waals surface area contributed by atoms with Crippen molar-refractivity contribution in [2.24, 2.45) is 5.73 Å². The van der Waals surface area contributed by atoms with Gasteiger partial charge in [-0.2, -0.15) is 13.2 Å². The molecule has 2 N–H and O–H groups in total. The van der Waals surface area contributed by atoms with Crippen molar-refractivity contribution in [2.75, 3.05) is 0 Å². The number of rotatable bonds is 3. The minimum absolute atomic E-state index is 0.211. The van der Waals surface area contributed by atoms with Crippen LogP contribution in [0.15, 0.2) is 42.5 Å². The third kappa shape index (κ3) is 3.11. The minimum atomic E-state index is -4.45. The molecule has 0 fully saturated rings. The van der Waals surface area contributed by atoms with Crippen molar-refractivity contribution >= 4 is 0 Å². The zero-order valence-corrected chi connectivity index (χ0v) is 10.9. The third-order valence-corrected chi connectivity index (χ3v) is 2.90. The minimum Gasteiger partial charge on any atom is -0.456 e. The van der Waals surface area contributed by atoms with Gasteiger partial charge in [0.2, 0.25) is 0 Å². The van der Waals surface area contributed by atoms with E-state index in [1.54, 1.807) is 19.1 Å². The molecule has 0 saturated heterocycles. The number of nitrogens with two attached hydrogens (primary N) is 1. The Bertz CT molecular complexity index is 608. The van der Waals surface area contributed by atoms with Gasteiger partial charge < -0.3 is 10.5 Å². The molecule has 5 heteroatoms. The quantitative estimate of drug-likeness (QED) is 0.912. The highest BCUT2D eigenvalue weighted by atomic mass is 19.4. The molecule has 0 radical (unpaired) electrons. The Hall–Kier alpha value is -2.01. The zero-order valence-electron chi connectivity index (χ0n) is 10.9. The maximum absolute atomic E-state index is 12.9. The Morgan fingerprint density at radius 2 is 1.75 bits per heavy atom. The molecule has 2 rings (SSSR count). The number of hydrogen-bond donors (Lipinski definition) is 1. The van der Waals surface area contributed by atoms with Gasteiger partial charge in [0, 0.05) is 6.54 Å². The SMILES string of the molecule is Cc1ccc(CN)cc1Oc1ccccc1C(F)(F)F. The first-order valence-corrected chi connectivity index (χ1v) is 6.05. The van der Waals surface area contributed by atoms with E-state index in [-0.39, 0.29) is 5.75 Å². The second kappa shape index (κ2) is 5.54. The molecule has 2 nitrogen and oxygen atoms in total. The standard InChI is InChI=1S/C15H14F3NO/c1-10-6-7-11(9-19)8-14(10)20-13-5-3-2-4-12(13)15(16,17)18/h2-8H,9,19H2,1H3. The van der Waals surface area contributed by atoms with Crippen molar-refractivity contribution in [3.05, 3.63) is 59.2 Å². The first kappa shape index (κ1) is 14.4. The van der Waals surface area contributed by atoms with Crippen LogP contribution >= 0.6 is 0 Å². The number of alkyl halides is 3. The van der Waals surface area contributed by atoms with Gasteiger partial charge >= 0.3 is 6.18 Å². The fraction of sp³-hybridized carbons (Fsp3) is 0.200. The molecule has 2 aromatic carbocycles. The summed E-state index contributed by atoms with van der Waals surface area (Å²) in [6.07, 6.45) is -4.45. The van der Waals surface area contributed by atoms with Crippen LogP contribution in [-0.2, 0) is 12.7 Å². The van der Waals surface area contributed by atoms with Gasteiger partial charge in [0.25, 0.3) is 0 Å². The Balaban J connectivity index is 2.40. The van der Waals surface area contributed by atoms with E-state index < -0.39 is 11.7 Å². The van der Waals surface area contributed by atoms with E-state index in [4.69, 9.17) is 10.5 Å². The van der Waals surface area contributed by atoms with Crippen molar-refractivity contribution in [1.82, 2.24) is 0 Å². The zero-order chi connectivity index (χ0) is 14.8. The molecule has 0 amide bonds. The van der Waals surface area contributed by atoms with Crippen molar-refractivity contribution < 1.29 is 17.9 Å². The highest BCUT2D eigenvalue weighted by molar-refractivity contribution is 5.43. The summed E-state index contributed by atoms with van der Waals surface area (Å²) in [6.45, 7) is 2.07. The first-order valence-electron chi connectivity index (χ1n) is 6.05. The Kier molecular flexibility index (Phi) is 3.99. The van der Waals surface area contributed by atoms with Gasteiger partial charge in [0.15, 0.2) is 0 Å². The normalized spacial score (nSPS) is 11.4. The third-order valence-electron chi connectivity index (χ3n) is 2.90. The molecule has 0 unspecified atom stereocenters. The number of ether oxygens (including phenoxy) is 1. The van der Waals surface area contributed by atoms with Crippen molar-refractivity contribution in [1.29, 1.82) is 0 Å². The molecular formula is C15H14F3NO. The number of benzene rings is 2. The Labute approximate surface area is 115 Å². The molecule has 0 aliphatic carbocycles. The topological polar surface area (TPSA) is 35.2 Å². The van der Waals surface area contributed by atoms with Crippen LogP contribution in [0.2, 0.25) is 0 Å². The summed E-state index contributed by atoms with van der Waals surface area (Å²) in [5, 5.41) is 0. The maximum atomic E-state index is 12.9. The first-order chi connectivity index (χ1) is 9.41. The summed E-state index contributed by atoms with van der Waals surface area (Å²) in [7, 11) is 0. The van der Waals surface area contributed by atoms with Gasteiger partial charge in [-0.25, -0.2) is 0 Å². The fourth-order valence-corrected chi connectivity index (χ4v) is 1.79. The molecule has 0 saturated carbocycles. The van der Waals surface area contributed by atoms with Gasteiger partial charge in [0.05, 0.1) is 5.56 Å². The lowest BCUT2D eigenvalue weighted by Gasteiger charge is -2.15. The summed E-state index contributed by atoms with van der Waals surface area (Å²) >= 11 is 0. The van der Waals surface area contributed by atoms with E-state index in [0.717, 1.165) is 17.2 Å². The van der Waals surface area contributed by atoms with E-state index in [9.17, 15) is 13.2 Å². The smallest absolute Gasteiger partial charge is 0.419 e. The van der Waals surface area contributed by atoms with Crippen LogP contribution < -0.4 is 10.5 Å². The Morgan fingerprint density at radius 3 is 2.40 bits per heavy atom. The van der Waals surface area contributed by atoms with E-state index >= 15 is 0 Å². The van der Waals surface area contributed by atoms with Crippen LogP contribution in [0, 0.1) is 6.92 Å². The molecule has 106 valence electrons. The summed E-state index contributed by atoms with van der Waals surface area (Å²) < 4.78 is 44.1. The van der Waals surface area contributed by atoms with E-state index in [1.165, 1.54) is 18.2 Å². The highest BCUT2D eigenvalue weighted by Gasteiger charge is 2.34. The summed E-state index contributed by atoms with van der Waals surface area (Å²) in [4.78, 5) is 0. The predicted octanol–water partition coefficient (Wildman–Crippen LogP) is 4.26. The summed E-state index contributed by atoms with van der Waals surface area (Å²) in [6, 6.07) is 10.4. The number of hydrogen-bond acceptors (Lipinski definition) is 2. The average molecular weight is 281 g/mol. The summed E-state index contributed by atoms with van der Waals surface area (Å²) in [5.41, 5.74) is 6.28. The van der Waals surface area contributed by atoms with Crippen LogP contribution in [0.3, 0.4) is 0 Å². The molecule has 20 heavy (non-hydrogen) atoms. The average Bonchev–Trinajstić information content (AvgIpc) is 2.41. The monoisotopic (exact) mass is 281 g/mol. The molecular weight excluding hydrogens is 267 g/mol. The predicted molar refractivity (Wildman–Crippen MR) is 70.6 cm³/mol. The van der Waals surface area contributed by atoms with E-state index in [0.29, 0.717) is 12.3 Å². The van der Waals surface area contributed by atoms with Gasteiger partial charge in [-0.1, -0.05) is 24.3 Å². The van der Waals surface area contributed by atoms with E-state index in [2.05, 4.69) is 0 Å². The lowest BCUT2D eigenvalue weighted by molar-refractivity contribution is -0.138. The molecule has 2 aromatic rings. The maximum Gasteiger partial charge on any atom is 0.419 e. The molecule has 0 aliphatic heterocycles. The second-order valence-corrected chi connectivity index (χ2v) is 4.40. The molecule has 0 heterocycles. The molecule has 0 aliphatic rings. The van der Waals surface area contributed by atoms with E-state index in [1.807, 2.05) is 6.07 Å². The van der Waals surface area contributed by atoms with Gasteiger partial charge in [-0.05, 0) is 36.2 Å². The molecule has 0 aromatic heterocycles. The Morgan fingerprint density at radius 1 is 1.05 bits per heavy atom. The lowest BCUT2D eigenvalue weighted by atomic mass is 10.1. The van der Waals surface area contributed by atoms with Gasteiger partial charge in [0.1, 0.15) is 11.5 Å².